The van der Waals surface area contributed by atoms with Gasteiger partial charge in [0.2, 0.25) is 0 Å². The summed E-state index contributed by atoms with van der Waals surface area (Å²) >= 11 is 8.09. The van der Waals surface area contributed by atoms with Crippen molar-refractivity contribution in [1.82, 2.24) is 4.90 Å². The number of halogens is 2. The zero-order chi connectivity index (χ0) is 25.2. The Morgan fingerprint density at radius 2 is 1.75 bits per heavy atom. The van der Waals surface area contributed by atoms with E-state index in [1.807, 2.05) is 47.4 Å². The minimum absolute atomic E-state index is 0.0351. The van der Waals surface area contributed by atoms with Gasteiger partial charge >= 0.3 is 0 Å². The van der Waals surface area contributed by atoms with E-state index in [1.54, 1.807) is 18.2 Å². The smallest absolute Gasteiger partial charge is 0.266 e. The molecule has 1 heterocycles. The molecule has 1 fully saturated rings. The summed E-state index contributed by atoms with van der Waals surface area (Å²) < 4.78 is 16.1. The monoisotopic (exact) mass is 516 g/mol. The maximum Gasteiger partial charge on any atom is 0.266 e. The number of rotatable bonds is 5. The third kappa shape index (κ3) is 4.89. The van der Waals surface area contributed by atoms with Crippen molar-refractivity contribution >= 4 is 38.9 Å². The van der Waals surface area contributed by atoms with Crippen LogP contribution in [0.15, 0.2) is 66.7 Å². The lowest BCUT2D eigenvalue weighted by Gasteiger charge is -2.36. The first-order valence-corrected chi connectivity index (χ1v) is 13.4. The molecule has 0 saturated heterocycles. The highest BCUT2D eigenvalue weighted by molar-refractivity contribution is 7.21. The third-order valence-electron chi connectivity index (χ3n) is 7.15. The Labute approximate surface area is 219 Å². The van der Waals surface area contributed by atoms with E-state index in [1.165, 1.54) is 17.4 Å². The van der Waals surface area contributed by atoms with Crippen LogP contribution in [0, 0.1) is 23.1 Å². The lowest BCUT2D eigenvalue weighted by molar-refractivity contribution is 0.0596. The lowest BCUT2D eigenvalue weighted by Crippen LogP contribution is -2.41. The zero-order valence-electron chi connectivity index (χ0n) is 20.0. The molecule has 6 heteroatoms. The average Bonchev–Trinajstić information content (AvgIpc) is 3.25. The number of fused-ring (bicyclic) bond motifs is 1. The van der Waals surface area contributed by atoms with E-state index in [-0.39, 0.29) is 24.3 Å². The van der Waals surface area contributed by atoms with Crippen LogP contribution in [0.2, 0.25) is 5.02 Å². The Balaban J connectivity index is 1.51. The Hall–Kier alpha value is -3.20. The first-order valence-electron chi connectivity index (χ1n) is 12.2. The van der Waals surface area contributed by atoms with Gasteiger partial charge in [-0.25, -0.2) is 4.39 Å². The molecule has 1 aliphatic carbocycles. The summed E-state index contributed by atoms with van der Waals surface area (Å²) in [5.41, 5.74) is 2.79. The molecule has 3 aromatic carbocycles. The van der Waals surface area contributed by atoms with Gasteiger partial charge in [-0.2, -0.15) is 5.26 Å². The van der Waals surface area contributed by atoms with Crippen molar-refractivity contribution in [2.24, 2.45) is 5.92 Å². The quantitative estimate of drug-likeness (QED) is 0.267. The lowest BCUT2D eigenvalue weighted by atomic mass is 9.86. The van der Waals surface area contributed by atoms with Crippen LogP contribution in [-0.4, -0.2) is 16.8 Å². The molecule has 1 aromatic heterocycles. The first kappa shape index (κ1) is 24.5. The van der Waals surface area contributed by atoms with Gasteiger partial charge in [0.15, 0.2) is 0 Å². The van der Waals surface area contributed by atoms with Crippen LogP contribution in [0.25, 0.3) is 21.2 Å². The molecule has 182 valence electrons. The number of hydrogen-bond donors (Lipinski definition) is 0. The number of hydrogen-bond acceptors (Lipinski definition) is 3. The molecule has 0 radical (unpaired) electrons. The fourth-order valence-electron chi connectivity index (χ4n) is 5.00. The first-order chi connectivity index (χ1) is 17.4. The highest BCUT2D eigenvalue weighted by atomic mass is 35.5. The predicted molar refractivity (Wildman–Crippen MR) is 145 cm³/mol. The normalized spacial score (nSPS) is 17.6. The van der Waals surface area contributed by atoms with Gasteiger partial charge in [-0.15, -0.1) is 11.3 Å². The van der Waals surface area contributed by atoms with Gasteiger partial charge in [-0.05, 0) is 73.1 Å². The number of nitrogens with zero attached hydrogens (tertiary/aromatic N) is 2. The van der Waals surface area contributed by atoms with Crippen LogP contribution in [0.5, 0.6) is 0 Å². The number of thiophene rings is 1. The molecule has 0 unspecified atom stereocenters. The fraction of sp³-hybridized carbons (Fsp3) is 0.267. The van der Waals surface area contributed by atoms with Gasteiger partial charge in [0.05, 0.1) is 16.7 Å². The SMILES string of the molecule is CC1CCC(N(Cc2cc(-c3ccc(C#N)cc3)ccc2F)C(=O)c2sc3ccccc3c2Cl)CC1. The summed E-state index contributed by atoms with van der Waals surface area (Å²) in [7, 11) is 0. The van der Waals surface area contributed by atoms with Gasteiger partial charge in [0.1, 0.15) is 10.7 Å². The number of carbonyl (C=O) groups is 1. The molecule has 3 nitrogen and oxygen atoms in total. The zero-order valence-corrected chi connectivity index (χ0v) is 21.6. The minimum Gasteiger partial charge on any atom is -0.330 e. The highest BCUT2D eigenvalue weighted by Crippen LogP contribution is 2.38. The molecular formula is C30H26ClFN2OS. The molecule has 0 bridgehead atoms. The second-order valence-corrected chi connectivity index (χ2v) is 11.0. The standard InChI is InChI=1S/C30H26ClFN2OS/c1-19-6-13-24(14-7-19)34(30(35)29-28(31)25-4-2-3-5-27(25)36-29)18-23-16-22(12-15-26(23)32)21-10-8-20(17-33)9-11-21/h2-5,8-12,15-16,19,24H,6-7,13-14,18H2,1H3. The molecule has 1 aliphatic rings. The third-order valence-corrected chi connectivity index (χ3v) is 8.81. The van der Waals surface area contributed by atoms with Crippen LogP contribution in [0.3, 0.4) is 0 Å². The minimum atomic E-state index is -0.336. The number of carbonyl (C=O) groups excluding carboxylic acids is 1. The second kappa shape index (κ2) is 10.4. The maximum atomic E-state index is 15.1. The summed E-state index contributed by atoms with van der Waals surface area (Å²) in [4.78, 5) is 16.3. The van der Waals surface area contributed by atoms with E-state index in [2.05, 4.69) is 13.0 Å². The second-order valence-electron chi connectivity index (χ2n) is 9.58. The number of nitriles is 1. The van der Waals surface area contributed by atoms with E-state index in [0.717, 1.165) is 46.9 Å². The van der Waals surface area contributed by atoms with Crippen molar-refractivity contribution in [3.8, 4) is 17.2 Å². The van der Waals surface area contributed by atoms with E-state index < -0.39 is 0 Å². The average molecular weight is 517 g/mol. The maximum absolute atomic E-state index is 15.1. The van der Waals surface area contributed by atoms with E-state index in [9.17, 15) is 4.79 Å². The molecule has 1 amide bonds. The molecule has 4 aromatic rings. The van der Waals surface area contributed by atoms with Crippen molar-refractivity contribution in [3.63, 3.8) is 0 Å². The van der Waals surface area contributed by atoms with Gasteiger partial charge in [0.25, 0.3) is 5.91 Å². The van der Waals surface area contributed by atoms with Gasteiger partial charge in [0, 0.05) is 28.2 Å². The summed E-state index contributed by atoms with van der Waals surface area (Å²) in [6, 6.07) is 22.1. The molecule has 0 aliphatic heterocycles. The van der Waals surface area contributed by atoms with Crippen molar-refractivity contribution in [2.45, 2.75) is 45.2 Å². The summed E-state index contributed by atoms with van der Waals surface area (Å²) in [6.07, 6.45) is 3.88. The van der Waals surface area contributed by atoms with Crippen molar-refractivity contribution < 1.29 is 9.18 Å². The highest BCUT2D eigenvalue weighted by Gasteiger charge is 2.31. The molecule has 0 N–H and O–H groups in total. The van der Waals surface area contributed by atoms with E-state index in [0.29, 0.717) is 26.9 Å². The molecule has 0 spiro atoms. The predicted octanol–water partition coefficient (Wildman–Crippen LogP) is 8.45. The molecular weight excluding hydrogens is 491 g/mol. The van der Waals surface area contributed by atoms with E-state index >= 15 is 4.39 Å². The van der Waals surface area contributed by atoms with Gasteiger partial charge in [-0.1, -0.05) is 54.9 Å². The number of amides is 1. The van der Waals surface area contributed by atoms with Crippen LogP contribution < -0.4 is 0 Å². The van der Waals surface area contributed by atoms with Gasteiger partial charge < -0.3 is 4.90 Å². The van der Waals surface area contributed by atoms with Crippen molar-refractivity contribution in [2.75, 3.05) is 0 Å². The van der Waals surface area contributed by atoms with Gasteiger partial charge in [-0.3, -0.25) is 4.79 Å². The number of benzene rings is 3. The van der Waals surface area contributed by atoms with Crippen LogP contribution in [-0.2, 0) is 6.54 Å². The van der Waals surface area contributed by atoms with Crippen LogP contribution in [0.1, 0.15) is 53.4 Å². The summed E-state index contributed by atoms with van der Waals surface area (Å²) in [5, 5.41) is 10.4. The van der Waals surface area contributed by atoms with Crippen molar-refractivity contribution in [1.29, 1.82) is 5.26 Å². The van der Waals surface area contributed by atoms with Crippen molar-refractivity contribution in [3.05, 3.63) is 93.6 Å². The largest absolute Gasteiger partial charge is 0.330 e. The Morgan fingerprint density at radius 1 is 1.06 bits per heavy atom. The summed E-state index contributed by atoms with van der Waals surface area (Å²) in [6.45, 7) is 2.42. The molecule has 36 heavy (non-hydrogen) atoms. The van der Waals surface area contributed by atoms with E-state index in [4.69, 9.17) is 16.9 Å². The molecule has 5 rings (SSSR count). The Kier molecular flexibility index (Phi) is 7.09. The topological polar surface area (TPSA) is 44.1 Å². The van der Waals surface area contributed by atoms with Crippen LogP contribution in [0.4, 0.5) is 4.39 Å². The Morgan fingerprint density at radius 3 is 2.44 bits per heavy atom. The summed E-state index contributed by atoms with van der Waals surface area (Å²) in [5.74, 6) is 0.156. The molecule has 1 saturated carbocycles. The fourth-order valence-corrected chi connectivity index (χ4v) is 6.47. The van der Waals surface area contributed by atoms with Crippen LogP contribution >= 0.6 is 22.9 Å². The Bertz CT molecular complexity index is 1450. The molecule has 0 atom stereocenters.